The minimum Gasteiger partial charge on any atom is -0.329 e. The normalized spacial score (nSPS) is 16.8. The number of rotatable bonds is 3. The predicted octanol–water partition coefficient (Wildman–Crippen LogP) is 3.16. The maximum absolute atomic E-state index is 13.4. The zero-order valence-corrected chi connectivity index (χ0v) is 14.9. The smallest absolute Gasteiger partial charge is 0.264 e. The van der Waals surface area contributed by atoms with Crippen molar-refractivity contribution in [1.82, 2.24) is 4.98 Å². The van der Waals surface area contributed by atoms with E-state index in [2.05, 4.69) is 11.1 Å². The fourth-order valence-electron chi connectivity index (χ4n) is 3.99. The van der Waals surface area contributed by atoms with Gasteiger partial charge < -0.3 is 4.98 Å². The van der Waals surface area contributed by atoms with Crippen LogP contribution in [0.4, 0.5) is 5.69 Å². The minimum atomic E-state index is -3.74. The van der Waals surface area contributed by atoms with Gasteiger partial charge in [-0.15, -0.1) is 0 Å². The van der Waals surface area contributed by atoms with Gasteiger partial charge in [0.15, 0.2) is 0 Å². The van der Waals surface area contributed by atoms with Crippen molar-refractivity contribution in [3.63, 3.8) is 0 Å². The van der Waals surface area contributed by atoms with Crippen LogP contribution < -0.4 is 9.86 Å². The number of nitrogens with zero attached hydrogens (tertiary/aromatic N) is 1. The number of nitrogens with one attached hydrogen (secondary N) is 1. The van der Waals surface area contributed by atoms with Gasteiger partial charge in [-0.05, 0) is 60.6 Å². The van der Waals surface area contributed by atoms with E-state index in [0.29, 0.717) is 23.2 Å². The Kier molecular flexibility index (Phi) is 3.28. The lowest BCUT2D eigenvalue weighted by molar-refractivity contribution is 0.593. The summed E-state index contributed by atoms with van der Waals surface area (Å²) >= 11 is 0. The van der Waals surface area contributed by atoms with Crippen molar-refractivity contribution in [1.29, 1.82) is 0 Å². The van der Waals surface area contributed by atoms with Crippen LogP contribution in [0.3, 0.4) is 0 Å². The van der Waals surface area contributed by atoms with Gasteiger partial charge in [-0.25, -0.2) is 8.42 Å². The molecule has 1 saturated carbocycles. The monoisotopic (exact) mass is 366 g/mol. The summed E-state index contributed by atoms with van der Waals surface area (Å²) < 4.78 is 28.4. The van der Waals surface area contributed by atoms with E-state index >= 15 is 0 Å². The van der Waals surface area contributed by atoms with Crippen LogP contribution in [0, 0.1) is 0 Å². The number of benzene rings is 2. The van der Waals surface area contributed by atoms with Crippen molar-refractivity contribution >= 4 is 26.5 Å². The van der Waals surface area contributed by atoms with Crippen molar-refractivity contribution in [2.24, 2.45) is 0 Å². The highest BCUT2D eigenvalue weighted by molar-refractivity contribution is 7.93. The summed E-state index contributed by atoms with van der Waals surface area (Å²) in [5.74, 6) is 0.587. The molecule has 5 nitrogen and oxygen atoms in total. The van der Waals surface area contributed by atoms with Crippen LogP contribution in [-0.2, 0) is 16.4 Å². The second-order valence-electron chi connectivity index (χ2n) is 6.97. The standard InChI is InChI=1S/C20H18N2O3S/c23-20-17-4-2-6-19(16(17)9-11-21-20)26(24,25)22-12-10-15-14(13-7-8-13)3-1-5-18(15)22/h1-6,9,11,13H,7-8,10,12H2,(H,21,23). The first kappa shape index (κ1) is 15.6. The Morgan fingerprint density at radius 1 is 1.00 bits per heavy atom. The van der Waals surface area contributed by atoms with E-state index < -0.39 is 10.0 Å². The fourth-order valence-corrected chi connectivity index (χ4v) is 5.70. The van der Waals surface area contributed by atoms with E-state index in [9.17, 15) is 13.2 Å². The van der Waals surface area contributed by atoms with Crippen LogP contribution in [0.5, 0.6) is 0 Å². The number of aromatic nitrogens is 1. The molecule has 2 heterocycles. The molecular formula is C20H18N2O3S. The highest BCUT2D eigenvalue weighted by Crippen LogP contribution is 2.46. The number of pyridine rings is 1. The summed E-state index contributed by atoms with van der Waals surface area (Å²) in [5.41, 5.74) is 2.97. The highest BCUT2D eigenvalue weighted by atomic mass is 32.2. The topological polar surface area (TPSA) is 70.2 Å². The molecule has 26 heavy (non-hydrogen) atoms. The molecule has 132 valence electrons. The molecule has 0 amide bonds. The van der Waals surface area contributed by atoms with Crippen molar-refractivity contribution in [3.05, 3.63) is 70.1 Å². The van der Waals surface area contributed by atoms with E-state index in [0.717, 1.165) is 17.7 Å². The largest absolute Gasteiger partial charge is 0.329 e. The Bertz CT molecular complexity index is 1190. The molecule has 1 N–H and O–H groups in total. The molecule has 1 aliphatic heterocycles. The van der Waals surface area contributed by atoms with Gasteiger partial charge in [0.2, 0.25) is 0 Å². The summed E-state index contributed by atoms with van der Waals surface area (Å²) in [5, 5.41) is 0.850. The summed E-state index contributed by atoms with van der Waals surface area (Å²) in [6.45, 7) is 0.445. The summed E-state index contributed by atoms with van der Waals surface area (Å²) in [4.78, 5) is 14.8. The Morgan fingerprint density at radius 3 is 2.62 bits per heavy atom. The number of anilines is 1. The van der Waals surface area contributed by atoms with Gasteiger partial charge in [-0.2, -0.15) is 0 Å². The van der Waals surface area contributed by atoms with Crippen molar-refractivity contribution in [3.8, 4) is 0 Å². The first-order valence-electron chi connectivity index (χ1n) is 8.82. The van der Waals surface area contributed by atoms with Gasteiger partial charge in [0, 0.05) is 23.5 Å². The van der Waals surface area contributed by atoms with Crippen molar-refractivity contribution < 1.29 is 8.42 Å². The van der Waals surface area contributed by atoms with E-state index in [1.54, 1.807) is 24.3 Å². The molecule has 0 bridgehead atoms. The Hall–Kier alpha value is -2.60. The summed E-state index contributed by atoms with van der Waals surface area (Å²) in [6, 6.07) is 12.5. The fraction of sp³-hybridized carbons (Fsp3) is 0.250. The molecule has 5 rings (SSSR count). The third-order valence-electron chi connectivity index (χ3n) is 5.38. The Balaban J connectivity index is 1.68. The van der Waals surface area contributed by atoms with E-state index in [1.807, 2.05) is 12.1 Å². The summed E-state index contributed by atoms with van der Waals surface area (Å²) in [6.07, 6.45) is 4.62. The molecule has 0 spiro atoms. The third kappa shape index (κ3) is 2.22. The number of hydrogen-bond donors (Lipinski definition) is 1. The molecule has 1 aliphatic carbocycles. The Labute approximate surface area is 151 Å². The van der Waals surface area contributed by atoms with Gasteiger partial charge in [-0.3, -0.25) is 9.10 Å². The second-order valence-corrected chi connectivity index (χ2v) is 8.80. The van der Waals surface area contributed by atoms with E-state index in [-0.39, 0.29) is 10.5 Å². The van der Waals surface area contributed by atoms with Gasteiger partial charge in [0.05, 0.1) is 10.6 Å². The minimum absolute atomic E-state index is 0.186. The van der Waals surface area contributed by atoms with Crippen LogP contribution in [0.15, 0.2) is 58.4 Å². The van der Waals surface area contributed by atoms with Crippen LogP contribution in [-0.4, -0.2) is 19.9 Å². The molecular weight excluding hydrogens is 348 g/mol. The number of hydrogen-bond acceptors (Lipinski definition) is 3. The number of H-pyrrole nitrogens is 1. The zero-order chi connectivity index (χ0) is 17.9. The van der Waals surface area contributed by atoms with E-state index in [4.69, 9.17) is 0 Å². The molecule has 1 aromatic heterocycles. The molecule has 3 aromatic rings. The van der Waals surface area contributed by atoms with Crippen molar-refractivity contribution in [2.45, 2.75) is 30.1 Å². The van der Waals surface area contributed by atoms with Crippen LogP contribution in [0.1, 0.15) is 29.9 Å². The average Bonchev–Trinajstić information content (AvgIpc) is 3.39. The number of fused-ring (bicyclic) bond motifs is 2. The highest BCUT2D eigenvalue weighted by Gasteiger charge is 2.35. The Morgan fingerprint density at radius 2 is 1.81 bits per heavy atom. The molecule has 0 atom stereocenters. The maximum atomic E-state index is 13.4. The zero-order valence-electron chi connectivity index (χ0n) is 14.1. The lowest BCUT2D eigenvalue weighted by atomic mass is 10.0. The molecule has 1 fully saturated rings. The lowest BCUT2D eigenvalue weighted by Crippen LogP contribution is -2.29. The van der Waals surface area contributed by atoms with Gasteiger partial charge >= 0.3 is 0 Å². The molecule has 0 saturated heterocycles. The quantitative estimate of drug-likeness (QED) is 0.774. The third-order valence-corrected chi connectivity index (χ3v) is 7.25. The second kappa shape index (κ2) is 5.45. The average molecular weight is 366 g/mol. The van der Waals surface area contributed by atoms with E-state index in [1.165, 1.54) is 28.9 Å². The maximum Gasteiger partial charge on any atom is 0.264 e. The lowest BCUT2D eigenvalue weighted by Gasteiger charge is -2.21. The molecule has 6 heteroatoms. The summed E-state index contributed by atoms with van der Waals surface area (Å²) in [7, 11) is -3.74. The SMILES string of the molecule is O=c1[nH]ccc2c(S(=O)(=O)N3CCc4c(C5CC5)cccc43)cccc12. The van der Waals surface area contributed by atoms with Crippen LogP contribution >= 0.6 is 0 Å². The first-order chi connectivity index (χ1) is 12.6. The molecule has 0 unspecified atom stereocenters. The first-order valence-corrected chi connectivity index (χ1v) is 10.3. The predicted molar refractivity (Wildman–Crippen MR) is 101 cm³/mol. The van der Waals surface area contributed by atoms with Gasteiger partial charge in [0.1, 0.15) is 0 Å². The molecule has 0 radical (unpaired) electrons. The van der Waals surface area contributed by atoms with Gasteiger partial charge in [0.25, 0.3) is 15.6 Å². The molecule has 2 aromatic carbocycles. The number of aromatic amines is 1. The number of sulfonamides is 1. The van der Waals surface area contributed by atoms with Crippen LogP contribution in [0.2, 0.25) is 0 Å². The van der Waals surface area contributed by atoms with Crippen molar-refractivity contribution in [2.75, 3.05) is 10.8 Å². The van der Waals surface area contributed by atoms with Crippen LogP contribution in [0.25, 0.3) is 10.8 Å². The molecule has 2 aliphatic rings. The van der Waals surface area contributed by atoms with Gasteiger partial charge in [-0.1, -0.05) is 18.2 Å².